The predicted molar refractivity (Wildman–Crippen MR) is 105 cm³/mol. The van der Waals surface area contributed by atoms with Crippen molar-refractivity contribution >= 4 is 28.7 Å². The molecule has 2 aromatic carbocycles. The average molecular weight is 394 g/mol. The van der Waals surface area contributed by atoms with Gasteiger partial charge in [0, 0.05) is 48.8 Å². The molecule has 3 aromatic rings. The number of hydrogen-bond donors (Lipinski definition) is 2. The summed E-state index contributed by atoms with van der Waals surface area (Å²) >= 11 is 0. The van der Waals surface area contributed by atoms with Crippen LogP contribution in [-0.4, -0.2) is 41.5 Å². The molecule has 1 aromatic heterocycles. The van der Waals surface area contributed by atoms with Crippen LogP contribution in [0.5, 0.6) is 0 Å². The van der Waals surface area contributed by atoms with E-state index in [1.165, 1.54) is 12.1 Å². The first kappa shape index (κ1) is 17.7. The second-order valence-corrected chi connectivity index (χ2v) is 7.76. The second kappa shape index (κ2) is 6.58. The quantitative estimate of drug-likeness (QED) is 0.698. The topological polar surface area (TPSA) is 87.5 Å². The standard InChI is InChI=1S/C21H19FN4O3/c22-14-3-1-13(2-4-14)19-25-16-6-5-15(9-17(16)29-19)24-20(28)26-8-7-21(12-26)10-18(27)23-11-21/h1-6,9H,7-8,10-12H2,(H,23,27)(H,24,28). The highest BCUT2D eigenvalue weighted by Crippen LogP contribution is 2.36. The molecule has 2 aliphatic rings. The molecule has 7 nitrogen and oxygen atoms in total. The molecule has 1 spiro atoms. The van der Waals surface area contributed by atoms with E-state index in [1.807, 2.05) is 0 Å². The van der Waals surface area contributed by atoms with Crippen molar-refractivity contribution < 1.29 is 18.4 Å². The molecule has 29 heavy (non-hydrogen) atoms. The van der Waals surface area contributed by atoms with Crippen molar-refractivity contribution in [2.24, 2.45) is 5.41 Å². The number of nitrogens with one attached hydrogen (secondary N) is 2. The Bertz CT molecular complexity index is 1110. The Morgan fingerprint density at radius 2 is 2.07 bits per heavy atom. The molecule has 148 valence electrons. The Balaban J connectivity index is 1.31. The Morgan fingerprint density at radius 1 is 1.24 bits per heavy atom. The summed E-state index contributed by atoms with van der Waals surface area (Å²) in [5, 5.41) is 5.76. The first-order valence-corrected chi connectivity index (χ1v) is 9.49. The van der Waals surface area contributed by atoms with Gasteiger partial charge in [0.15, 0.2) is 5.58 Å². The molecule has 2 saturated heterocycles. The van der Waals surface area contributed by atoms with E-state index < -0.39 is 0 Å². The fraction of sp³-hybridized carbons (Fsp3) is 0.286. The third-order valence-corrected chi connectivity index (χ3v) is 5.65. The highest BCUT2D eigenvalue weighted by Gasteiger charge is 2.45. The number of oxazole rings is 1. The summed E-state index contributed by atoms with van der Waals surface area (Å²) < 4.78 is 18.9. The number of nitrogens with zero attached hydrogens (tertiary/aromatic N) is 2. The maximum atomic E-state index is 13.1. The van der Waals surface area contributed by atoms with Gasteiger partial charge in [0.1, 0.15) is 11.3 Å². The summed E-state index contributed by atoms with van der Waals surface area (Å²) in [7, 11) is 0. The van der Waals surface area contributed by atoms with Crippen LogP contribution < -0.4 is 10.6 Å². The van der Waals surface area contributed by atoms with Crippen molar-refractivity contribution in [3.63, 3.8) is 0 Å². The van der Waals surface area contributed by atoms with E-state index in [0.717, 1.165) is 6.42 Å². The van der Waals surface area contributed by atoms with E-state index in [-0.39, 0.29) is 23.2 Å². The Labute approximate surface area is 165 Å². The first-order chi connectivity index (χ1) is 14.0. The molecule has 0 bridgehead atoms. The SMILES string of the molecule is O=C1CC2(CCN(C(=O)Nc3ccc4nc(-c5ccc(F)cc5)oc4c3)C2)CN1. The minimum absolute atomic E-state index is 0.0555. The summed E-state index contributed by atoms with van der Waals surface area (Å²) in [6, 6.07) is 11.0. The van der Waals surface area contributed by atoms with Crippen molar-refractivity contribution in [1.82, 2.24) is 15.2 Å². The number of carbonyl (C=O) groups excluding carboxylic acids is 2. The zero-order valence-corrected chi connectivity index (χ0v) is 15.6. The first-order valence-electron chi connectivity index (χ1n) is 9.49. The molecule has 1 atom stereocenters. The van der Waals surface area contributed by atoms with Gasteiger partial charge < -0.3 is 20.0 Å². The lowest BCUT2D eigenvalue weighted by molar-refractivity contribution is -0.119. The van der Waals surface area contributed by atoms with Crippen LogP contribution in [0.3, 0.4) is 0 Å². The van der Waals surface area contributed by atoms with E-state index >= 15 is 0 Å². The molecule has 1 unspecified atom stereocenters. The number of likely N-dealkylation sites (tertiary alicyclic amines) is 1. The molecular formula is C21H19FN4O3. The highest BCUT2D eigenvalue weighted by atomic mass is 19.1. The van der Waals surface area contributed by atoms with Gasteiger partial charge >= 0.3 is 6.03 Å². The normalized spacial score (nSPS) is 21.1. The van der Waals surface area contributed by atoms with Gasteiger partial charge in [-0.05, 0) is 42.8 Å². The molecule has 3 amide bonds. The minimum atomic E-state index is -0.323. The Morgan fingerprint density at radius 3 is 2.83 bits per heavy atom. The largest absolute Gasteiger partial charge is 0.436 e. The number of rotatable bonds is 2. The summed E-state index contributed by atoms with van der Waals surface area (Å²) in [5.74, 6) is 0.125. The van der Waals surface area contributed by atoms with Crippen molar-refractivity contribution in [2.45, 2.75) is 12.8 Å². The molecule has 0 saturated carbocycles. The molecule has 2 aliphatic heterocycles. The number of benzene rings is 2. The van der Waals surface area contributed by atoms with E-state index in [4.69, 9.17) is 4.42 Å². The summed E-state index contributed by atoms with van der Waals surface area (Å²) in [5.41, 5.74) is 2.33. The van der Waals surface area contributed by atoms with Gasteiger partial charge in [0.25, 0.3) is 0 Å². The zero-order valence-electron chi connectivity index (χ0n) is 15.6. The van der Waals surface area contributed by atoms with Crippen molar-refractivity contribution in [1.29, 1.82) is 0 Å². The van der Waals surface area contributed by atoms with Crippen LogP contribution in [0.25, 0.3) is 22.6 Å². The molecule has 0 aliphatic carbocycles. The van der Waals surface area contributed by atoms with Crippen LogP contribution >= 0.6 is 0 Å². The van der Waals surface area contributed by atoms with Crippen LogP contribution in [0.4, 0.5) is 14.9 Å². The van der Waals surface area contributed by atoms with Crippen molar-refractivity contribution in [2.75, 3.05) is 25.0 Å². The summed E-state index contributed by atoms with van der Waals surface area (Å²) in [6.07, 6.45) is 1.30. The minimum Gasteiger partial charge on any atom is -0.436 e. The van der Waals surface area contributed by atoms with Crippen LogP contribution in [0, 0.1) is 11.2 Å². The number of aromatic nitrogens is 1. The molecule has 2 N–H and O–H groups in total. The predicted octanol–water partition coefficient (Wildman–Crippen LogP) is 3.38. The number of halogens is 1. The lowest BCUT2D eigenvalue weighted by Gasteiger charge is -2.22. The van der Waals surface area contributed by atoms with E-state index in [2.05, 4.69) is 15.6 Å². The molecule has 3 heterocycles. The highest BCUT2D eigenvalue weighted by molar-refractivity contribution is 5.92. The summed E-state index contributed by atoms with van der Waals surface area (Å²) in [6.45, 7) is 1.82. The lowest BCUT2D eigenvalue weighted by atomic mass is 9.86. The van der Waals surface area contributed by atoms with Crippen molar-refractivity contribution in [3.8, 4) is 11.5 Å². The summed E-state index contributed by atoms with van der Waals surface area (Å²) in [4.78, 5) is 30.4. The monoisotopic (exact) mass is 394 g/mol. The Kier molecular flexibility index (Phi) is 4.01. The molecule has 5 rings (SSSR count). The van der Waals surface area contributed by atoms with Crippen molar-refractivity contribution in [3.05, 3.63) is 48.3 Å². The fourth-order valence-electron chi connectivity index (χ4n) is 4.07. The maximum absolute atomic E-state index is 13.1. The smallest absolute Gasteiger partial charge is 0.321 e. The zero-order chi connectivity index (χ0) is 20.0. The third kappa shape index (κ3) is 3.30. The van der Waals surface area contributed by atoms with Crippen LogP contribution in [0.2, 0.25) is 0 Å². The van der Waals surface area contributed by atoms with Gasteiger partial charge in [-0.2, -0.15) is 0 Å². The number of carbonyl (C=O) groups is 2. The molecule has 8 heteroatoms. The number of urea groups is 1. The van der Waals surface area contributed by atoms with Gasteiger partial charge in [0.05, 0.1) is 0 Å². The van der Waals surface area contributed by atoms with Gasteiger partial charge in [-0.15, -0.1) is 0 Å². The van der Waals surface area contributed by atoms with Crippen LogP contribution in [0.15, 0.2) is 46.9 Å². The molecule has 0 radical (unpaired) electrons. The lowest BCUT2D eigenvalue weighted by Crippen LogP contribution is -2.36. The van der Waals surface area contributed by atoms with Gasteiger partial charge in [-0.1, -0.05) is 0 Å². The molecule has 2 fully saturated rings. The van der Waals surface area contributed by atoms with Gasteiger partial charge in [0.2, 0.25) is 11.8 Å². The molecular weight excluding hydrogens is 375 g/mol. The van der Waals surface area contributed by atoms with Gasteiger partial charge in [-0.25, -0.2) is 14.2 Å². The Hall–Kier alpha value is -3.42. The van der Waals surface area contributed by atoms with E-state index in [1.54, 1.807) is 35.2 Å². The van der Waals surface area contributed by atoms with Gasteiger partial charge in [-0.3, -0.25) is 4.79 Å². The number of anilines is 1. The number of amides is 3. The van der Waals surface area contributed by atoms with E-state index in [9.17, 15) is 14.0 Å². The van der Waals surface area contributed by atoms with E-state index in [0.29, 0.717) is 54.3 Å². The average Bonchev–Trinajstić information content (AvgIpc) is 3.41. The van der Waals surface area contributed by atoms with Crippen LogP contribution in [-0.2, 0) is 4.79 Å². The fourth-order valence-corrected chi connectivity index (χ4v) is 4.07. The van der Waals surface area contributed by atoms with Crippen LogP contribution in [0.1, 0.15) is 12.8 Å². The number of hydrogen-bond acceptors (Lipinski definition) is 4. The maximum Gasteiger partial charge on any atom is 0.321 e. The second-order valence-electron chi connectivity index (χ2n) is 7.76. The number of fused-ring (bicyclic) bond motifs is 1. The third-order valence-electron chi connectivity index (χ3n) is 5.65.